The van der Waals surface area contributed by atoms with Gasteiger partial charge in [0.2, 0.25) is 0 Å². The van der Waals surface area contributed by atoms with Crippen molar-refractivity contribution in [2.24, 2.45) is 0 Å². The molecule has 0 bridgehead atoms. The van der Waals surface area contributed by atoms with E-state index in [1.54, 1.807) is 12.1 Å². The Labute approximate surface area is 123 Å². The summed E-state index contributed by atoms with van der Waals surface area (Å²) in [6.07, 6.45) is 1.12. The smallest absolute Gasteiger partial charge is 0.134 e. The Morgan fingerprint density at radius 1 is 1.25 bits per heavy atom. The van der Waals surface area contributed by atoms with E-state index in [1.807, 2.05) is 6.07 Å². The Balaban J connectivity index is 1.71. The van der Waals surface area contributed by atoms with E-state index in [-0.39, 0.29) is 5.75 Å². The van der Waals surface area contributed by atoms with E-state index < -0.39 is 0 Å². The highest BCUT2D eigenvalue weighted by Crippen LogP contribution is 2.29. The lowest BCUT2D eigenvalue weighted by Crippen LogP contribution is -2.12. The number of hydrogen-bond donors (Lipinski definition) is 2. The third-order valence-electron chi connectivity index (χ3n) is 3.72. The number of fused-ring (bicyclic) bond motifs is 1. The number of phenolic OH excluding ortho intramolecular Hbond substituents is 1. The molecule has 2 aromatic carbocycles. The second-order valence-electron chi connectivity index (χ2n) is 5.15. The number of halogens is 1. The molecule has 0 radical (unpaired) electrons. The average molecular weight is 289 g/mol. The Kier molecular flexibility index (Phi) is 3.45. The lowest BCUT2D eigenvalue weighted by Gasteiger charge is -2.13. The van der Waals surface area contributed by atoms with Crippen LogP contribution in [-0.2, 0) is 13.0 Å². The summed E-state index contributed by atoms with van der Waals surface area (Å²) in [6, 6.07) is 11.7. The zero-order valence-electron chi connectivity index (χ0n) is 11.4. The molecule has 0 aliphatic carbocycles. The van der Waals surface area contributed by atoms with Crippen molar-refractivity contribution < 1.29 is 5.11 Å². The van der Waals surface area contributed by atoms with E-state index in [2.05, 4.69) is 35.5 Å². The molecular formula is C16H17ClN2O. The first kappa shape index (κ1) is 13.1. The van der Waals surface area contributed by atoms with Gasteiger partial charge >= 0.3 is 0 Å². The highest BCUT2D eigenvalue weighted by atomic mass is 35.5. The summed E-state index contributed by atoms with van der Waals surface area (Å²) in [5.74, 6) is 0.109. The first-order valence-electron chi connectivity index (χ1n) is 6.69. The summed E-state index contributed by atoms with van der Waals surface area (Å²) in [5, 5.41) is 13.1. The lowest BCUT2D eigenvalue weighted by atomic mass is 10.1. The van der Waals surface area contributed by atoms with Crippen molar-refractivity contribution in [3.8, 4) is 5.75 Å². The number of aromatic hydroxyl groups is 1. The SMILES string of the molecule is CN1CCc2cc(CNc3ccc(O)c(Cl)c3)ccc21. The summed E-state index contributed by atoms with van der Waals surface area (Å²) in [4.78, 5) is 2.28. The molecule has 4 heteroatoms. The van der Waals surface area contributed by atoms with Crippen LogP contribution in [0.2, 0.25) is 5.02 Å². The largest absolute Gasteiger partial charge is 0.506 e. The normalized spacial score (nSPS) is 13.4. The number of benzene rings is 2. The molecule has 0 amide bonds. The van der Waals surface area contributed by atoms with Crippen molar-refractivity contribution in [2.45, 2.75) is 13.0 Å². The fourth-order valence-electron chi connectivity index (χ4n) is 2.55. The van der Waals surface area contributed by atoms with Crippen LogP contribution in [0.5, 0.6) is 5.75 Å². The second kappa shape index (κ2) is 5.25. The fourth-order valence-corrected chi connectivity index (χ4v) is 2.73. The lowest BCUT2D eigenvalue weighted by molar-refractivity contribution is 0.475. The minimum absolute atomic E-state index is 0.109. The van der Waals surface area contributed by atoms with E-state index >= 15 is 0 Å². The predicted molar refractivity (Wildman–Crippen MR) is 83.9 cm³/mol. The molecule has 1 aliphatic heterocycles. The van der Waals surface area contributed by atoms with E-state index in [9.17, 15) is 5.11 Å². The molecule has 1 heterocycles. The van der Waals surface area contributed by atoms with Crippen molar-refractivity contribution in [2.75, 3.05) is 23.8 Å². The third-order valence-corrected chi connectivity index (χ3v) is 4.02. The molecule has 104 valence electrons. The van der Waals surface area contributed by atoms with Crippen molar-refractivity contribution in [3.63, 3.8) is 0 Å². The molecule has 2 N–H and O–H groups in total. The molecule has 3 rings (SSSR count). The zero-order chi connectivity index (χ0) is 14.1. The summed E-state index contributed by atoms with van der Waals surface area (Å²) in [6.45, 7) is 1.85. The summed E-state index contributed by atoms with van der Waals surface area (Å²) >= 11 is 5.89. The number of likely N-dealkylation sites (N-methyl/N-ethyl adjacent to an activating group) is 1. The molecule has 0 aromatic heterocycles. The molecule has 3 nitrogen and oxygen atoms in total. The fraction of sp³-hybridized carbons (Fsp3) is 0.250. The van der Waals surface area contributed by atoms with E-state index in [4.69, 9.17) is 11.6 Å². The number of phenols is 1. The van der Waals surface area contributed by atoms with Gasteiger partial charge in [0.1, 0.15) is 5.75 Å². The maximum Gasteiger partial charge on any atom is 0.134 e. The quantitative estimate of drug-likeness (QED) is 0.846. The van der Waals surface area contributed by atoms with E-state index in [1.165, 1.54) is 16.8 Å². The minimum Gasteiger partial charge on any atom is -0.506 e. The van der Waals surface area contributed by atoms with Gasteiger partial charge in [0.25, 0.3) is 0 Å². The second-order valence-corrected chi connectivity index (χ2v) is 5.56. The summed E-state index contributed by atoms with van der Waals surface area (Å²) in [5.41, 5.74) is 4.91. The van der Waals surface area contributed by atoms with Crippen molar-refractivity contribution in [1.29, 1.82) is 0 Å². The number of nitrogens with zero attached hydrogens (tertiary/aromatic N) is 1. The van der Waals surface area contributed by atoms with Gasteiger partial charge in [-0.1, -0.05) is 23.7 Å². The average Bonchev–Trinajstić information content (AvgIpc) is 2.81. The first-order chi connectivity index (χ1) is 9.63. The van der Waals surface area contributed by atoms with E-state index in [0.29, 0.717) is 5.02 Å². The van der Waals surface area contributed by atoms with Crippen LogP contribution in [0.25, 0.3) is 0 Å². The molecule has 0 unspecified atom stereocenters. The molecular weight excluding hydrogens is 272 g/mol. The standard InChI is InChI=1S/C16H17ClN2O/c1-19-7-6-12-8-11(2-4-15(12)19)10-18-13-3-5-16(20)14(17)9-13/h2-5,8-9,18,20H,6-7,10H2,1H3. The number of hydrogen-bond acceptors (Lipinski definition) is 3. The highest BCUT2D eigenvalue weighted by molar-refractivity contribution is 6.32. The van der Waals surface area contributed by atoms with Crippen molar-refractivity contribution >= 4 is 23.0 Å². The van der Waals surface area contributed by atoms with Gasteiger partial charge in [-0.25, -0.2) is 0 Å². The summed E-state index contributed by atoms with van der Waals surface area (Å²) in [7, 11) is 2.13. The first-order valence-corrected chi connectivity index (χ1v) is 7.06. The molecule has 0 saturated heterocycles. The van der Waals surface area contributed by atoms with Crippen LogP contribution in [0.15, 0.2) is 36.4 Å². The molecule has 0 fully saturated rings. The number of rotatable bonds is 3. The minimum atomic E-state index is 0.109. The van der Waals surface area contributed by atoms with Crippen LogP contribution < -0.4 is 10.2 Å². The van der Waals surface area contributed by atoms with Crippen LogP contribution in [0.1, 0.15) is 11.1 Å². The third kappa shape index (κ3) is 2.54. The van der Waals surface area contributed by atoms with E-state index in [0.717, 1.165) is 25.2 Å². The number of nitrogens with one attached hydrogen (secondary N) is 1. The number of anilines is 2. The molecule has 0 saturated carbocycles. The van der Waals surface area contributed by atoms with Gasteiger partial charge in [-0.15, -0.1) is 0 Å². The van der Waals surface area contributed by atoms with Crippen LogP contribution in [0, 0.1) is 0 Å². The van der Waals surface area contributed by atoms with Gasteiger partial charge in [0, 0.05) is 31.5 Å². The van der Waals surface area contributed by atoms with Crippen LogP contribution in [-0.4, -0.2) is 18.7 Å². The van der Waals surface area contributed by atoms with Crippen LogP contribution >= 0.6 is 11.6 Å². The molecule has 2 aromatic rings. The Morgan fingerprint density at radius 3 is 2.90 bits per heavy atom. The zero-order valence-corrected chi connectivity index (χ0v) is 12.1. The topological polar surface area (TPSA) is 35.5 Å². The Hall–Kier alpha value is -1.87. The van der Waals surface area contributed by atoms with Gasteiger partial charge in [-0.05, 0) is 41.8 Å². The Bertz CT molecular complexity index is 642. The maximum atomic E-state index is 9.40. The predicted octanol–water partition coefficient (Wildman–Crippen LogP) is 3.65. The summed E-state index contributed by atoms with van der Waals surface area (Å²) < 4.78 is 0. The van der Waals surface area contributed by atoms with Crippen molar-refractivity contribution in [1.82, 2.24) is 0 Å². The van der Waals surface area contributed by atoms with Crippen molar-refractivity contribution in [3.05, 3.63) is 52.5 Å². The van der Waals surface area contributed by atoms with Gasteiger partial charge in [-0.2, -0.15) is 0 Å². The molecule has 1 aliphatic rings. The highest BCUT2D eigenvalue weighted by Gasteiger charge is 2.15. The monoisotopic (exact) mass is 288 g/mol. The molecule has 0 atom stereocenters. The van der Waals surface area contributed by atoms with Gasteiger partial charge in [-0.3, -0.25) is 0 Å². The molecule has 0 spiro atoms. The molecule has 20 heavy (non-hydrogen) atoms. The van der Waals surface area contributed by atoms with Crippen LogP contribution in [0.4, 0.5) is 11.4 Å². The van der Waals surface area contributed by atoms with Gasteiger partial charge in [0.05, 0.1) is 5.02 Å². The maximum absolute atomic E-state index is 9.40. The van der Waals surface area contributed by atoms with Gasteiger partial charge < -0.3 is 15.3 Å². The van der Waals surface area contributed by atoms with Crippen LogP contribution in [0.3, 0.4) is 0 Å². The Morgan fingerprint density at radius 2 is 2.10 bits per heavy atom. The van der Waals surface area contributed by atoms with Gasteiger partial charge in [0.15, 0.2) is 0 Å².